The van der Waals surface area contributed by atoms with E-state index in [1.165, 1.54) is 12.5 Å². The molecule has 1 aliphatic heterocycles. The second-order valence-corrected chi connectivity index (χ2v) is 5.80. The number of hydrogen-bond acceptors (Lipinski definition) is 6. The molecule has 1 N–H and O–H groups in total. The summed E-state index contributed by atoms with van der Waals surface area (Å²) in [6.45, 7) is 2.77. The molecular weight excluding hydrogens is 308 g/mol. The van der Waals surface area contributed by atoms with E-state index < -0.39 is 6.10 Å². The third kappa shape index (κ3) is 3.68. The van der Waals surface area contributed by atoms with E-state index in [2.05, 4.69) is 15.0 Å². The van der Waals surface area contributed by atoms with Crippen LogP contribution in [0.5, 0.6) is 5.75 Å². The van der Waals surface area contributed by atoms with Gasteiger partial charge in [0.05, 0.1) is 23.6 Å². The highest BCUT2D eigenvalue weighted by molar-refractivity contribution is 5.94. The van der Waals surface area contributed by atoms with E-state index in [0.29, 0.717) is 42.9 Å². The van der Waals surface area contributed by atoms with Crippen LogP contribution in [-0.2, 0) is 0 Å². The predicted molar refractivity (Wildman–Crippen MR) is 86.6 cm³/mol. The maximum atomic E-state index is 12.7. The van der Waals surface area contributed by atoms with Gasteiger partial charge in [-0.1, -0.05) is 0 Å². The van der Waals surface area contributed by atoms with Crippen LogP contribution in [0.1, 0.15) is 28.9 Å². The fourth-order valence-electron chi connectivity index (χ4n) is 2.76. The third-order valence-electron chi connectivity index (χ3n) is 4.16. The zero-order valence-corrected chi connectivity index (χ0v) is 13.5. The molecule has 7 nitrogen and oxygen atoms in total. The van der Waals surface area contributed by atoms with Gasteiger partial charge in [0.2, 0.25) is 0 Å². The van der Waals surface area contributed by atoms with Gasteiger partial charge in [-0.15, -0.1) is 0 Å². The number of hydrogen-bond donors (Lipinski definition) is 1. The highest BCUT2D eigenvalue weighted by Gasteiger charge is 2.29. The van der Waals surface area contributed by atoms with Crippen molar-refractivity contribution in [2.24, 2.45) is 0 Å². The quantitative estimate of drug-likeness (QED) is 0.911. The molecule has 1 amide bonds. The Kier molecular flexibility index (Phi) is 5.00. The second kappa shape index (κ2) is 7.35. The minimum atomic E-state index is -0.629. The summed E-state index contributed by atoms with van der Waals surface area (Å²) in [5, 5.41) is 10.3. The van der Waals surface area contributed by atoms with Gasteiger partial charge in [-0.25, -0.2) is 9.97 Å². The van der Waals surface area contributed by atoms with Gasteiger partial charge in [-0.05, 0) is 25.5 Å². The standard InChI is InChI=1S/C17H20N4O3/c1-12-14(10-19-11-20-12)17(23)21-7-4-15(22)16(5-8-21)24-13-3-2-6-18-9-13/h2-3,6,9-11,15-16,22H,4-5,7-8H2,1H3/t15-,16-/m0/s1. The van der Waals surface area contributed by atoms with Crippen molar-refractivity contribution in [1.29, 1.82) is 0 Å². The summed E-state index contributed by atoms with van der Waals surface area (Å²) in [6, 6.07) is 3.59. The van der Waals surface area contributed by atoms with Gasteiger partial charge in [-0.2, -0.15) is 0 Å². The average Bonchev–Trinajstić information content (AvgIpc) is 2.78. The van der Waals surface area contributed by atoms with Gasteiger partial charge >= 0.3 is 0 Å². The lowest BCUT2D eigenvalue weighted by Gasteiger charge is -2.21. The molecule has 2 atom stereocenters. The molecule has 3 heterocycles. The number of aromatic nitrogens is 3. The Morgan fingerprint density at radius 2 is 2.12 bits per heavy atom. The van der Waals surface area contributed by atoms with Crippen LogP contribution < -0.4 is 4.74 Å². The van der Waals surface area contributed by atoms with Crippen molar-refractivity contribution in [3.05, 3.63) is 48.3 Å². The Morgan fingerprint density at radius 3 is 2.88 bits per heavy atom. The van der Waals surface area contributed by atoms with Crippen LogP contribution in [0, 0.1) is 6.92 Å². The summed E-state index contributed by atoms with van der Waals surface area (Å²) in [5.74, 6) is 0.510. The Bertz CT molecular complexity index is 695. The molecule has 0 aliphatic carbocycles. The zero-order valence-electron chi connectivity index (χ0n) is 13.5. The molecule has 0 bridgehead atoms. The molecule has 0 spiro atoms. The van der Waals surface area contributed by atoms with Gasteiger partial charge < -0.3 is 14.7 Å². The van der Waals surface area contributed by atoms with Crippen LogP contribution in [0.25, 0.3) is 0 Å². The molecule has 3 rings (SSSR count). The number of ether oxygens (including phenoxy) is 1. The zero-order chi connectivity index (χ0) is 16.9. The van der Waals surface area contributed by atoms with Crippen molar-refractivity contribution in [2.45, 2.75) is 32.0 Å². The van der Waals surface area contributed by atoms with Crippen molar-refractivity contribution in [2.75, 3.05) is 13.1 Å². The van der Waals surface area contributed by atoms with Crippen molar-refractivity contribution in [3.63, 3.8) is 0 Å². The first-order valence-electron chi connectivity index (χ1n) is 7.96. The smallest absolute Gasteiger partial charge is 0.257 e. The van der Waals surface area contributed by atoms with E-state index in [9.17, 15) is 9.90 Å². The number of aliphatic hydroxyl groups excluding tert-OH is 1. The lowest BCUT2D eigenvalue weighted by molar-refractivity contribution is 0.0348. The number of carbonyl (C=O) groups is 1. The molecule has 0 saturated carbocycles. The summed E-state index contributed by atoms with van der Waals surface area (Å²) in [4.78, 5) is 26.4. The monoisotopic (exact) mass is 328 g/mol. The largest absolute Gasteiger partial charge is 0.486 e. The highest BCUT2D eigenvalue weighted by atomic mass is 16.5. The van der Waals surface area contributed by atoms with Crippen molar-refractivity contribution < 1.29 is 14.6 Å². The summed E-state index contributed by atoms with van der Waals surface area (Å²) in [6.07, 6.45) is 6.27. The first-order chi connectivity index (χ1) is 11.6. The van der Waals surface area contributed by atoms with Crippen LogP contribution in [0.2, 0.25) is 0 Å². The van der Waals surface area contributed by atoms with E-state index in [1.54, 1.807) is 36.4 Å². The van der Waals surface area contributed by atoms with E-state index >= 15 is 0 Å². The van der Waals surface area contributed by atoms with Crippen molar-refractivity contribution in [3.8, 4) is 5.75 Å². The molecule has 1 saturated heterocycles. The van der Waals surface area contributed by atoms with Crippen molar-refractivity contribution >= 4 is 5.91 Å². The molecule has 1 fully saturated rings. The van der Waals surface area contributed by atoms with Crippen LogP contribution in [0.15, 0.2) is 37.1 Å². The van der Waals surface area contributed by atoms with Crippen LogP contribution >= 0.6 is 0 Å². The fourth-order valence-corrected chi connectivity index (χ4v) is 2.76. The summed E-state index contributed by atoms with van der Waals surface area (Å²) < 4.78 is 5.83. The van der Waals surface area contributed by atoms with Gasteiger partial charge in [-0.3, -0.25) is 9.78 Å². The van der Waals surface area contributed by atoms with Gasteiger partial charge in [0.1, 0.15) is 18.2 Å². The SMILES string of the molecule is Cc1ncncc1C(=O)N1CC[C@H](Oc2cccnc2)[C@@H](O)CC1. The number of amides is 1. The summed E-state index contributed by atoms with van der Waals surface area (Å²) >= 11 is 0. The van der Waals surface area contributed by atoms with E-state index in [-0.39, 0.29) is 12.0 Å². The second-order valence-electron chi connectivity index (χ2n) is 5.80. The van der Waals surface area contributed by atoms with Gasteiger partial charge in [0, 0.05) is 31.9 Å². The Balaban J connectivity index is 1.68. The van der Waals surface area contributed by atoms with E-state index in [4.69, 9.17) is 4.74 Å². The normalized spacial score (nSPS) is 21.2. The maximum absolute atomic E-state index is 12.7. The molecule has 126 valence electrons. The first-order valence-corrected chi connectivity index (χ1v) is 7.96. The number of aliphatic hydroxyl groups is 1. The average molecular weight is 328 g/mol. The summed E-state index contributed by atoms with van der Waals surface area (Å²) in [5.41, 5.74) is 1.15. The Labute approximate surface area is 140 Å². The van der Waals surface area contributed by atoms with E-state index in [1.807, 2.05) is 0 Å². The number of aryl methyl sites for hydroxylation is 1. The molecule has 2 aromatic rings. The molecule has 0 aromatic carbocycles. The van der Waals surface area contributed by atoms with Crippen LogP contribution in [0.3, 0.4) is 0 Å². The van der Waals surface area contributed by atoms with Gasteiger partial charge in [0.25, 0.3) is 5.91 Å². The van der Waals surface area contributed by atoms with Crippen LogP contribution in [-0.4, -0.2) is 56.2 Å². The number of nitrogens with zero attached hydrogens (tertiary/aromatic N) is 4. The molecular formula is C17H20N4O3. The minimum Gasteiger partial charge on any atom is -0.486 e. The molecule has 7 heteroatoms. The first kappa shape index (κ1) is 16.3. The number of likely N-dealkylation sites (tertiary alicyclic amines) is 1. The lowest BCUT2D eigenvalue weighted by Crippen LogP contribution is -2.33. The predicted octanol–water partition coefficient (Wildman–Crippen LogP) is 1.22. The highest BCUT2D eigenvalue weighted by Crippen LogP contribution is 2.20. The number of pyridine rings is 1. The Hall–Kier alpha value is -2.54. The van der Waals surface area contributed by atoms with Crippen molar-refractivity contribution in [1.82, 2.24) is 19.9 Å². The lowest BCUT2D eigenvalue weighted by atomic mass is 10.1. The molecule has 2 aromatic heterocycles. The van der Waals surface area contributed by atoms with E-state index in [0.717, 1.165) is 0 Å². The topological polar surface area (TPSA) is 88.4 Å². The third-order valence-corrected chi connectivity index (χ3v) is 4.16. The Morgan fingerprint density at radius 1 is 1.29 bits per heavy atom. The molecule has 0 unspecified atom stereocenters. The molecule has 24 heavy (non-hydrogen) atoms. The van der Waals surface area contributed by atoms with Gasteiger partial charge in [0.15, 0.2) is 0 Å². The molecule has 0 radical (unpaired) electrons. The number of carbonyl (C=O) groups excluding carboxylic acids is 1. The number of rotatable bonds is 3. The summed E-state index contributed by atoms with van der Waals surface area (Å²) in [7, 11) is 0. The minimum absolute atomic E-state index is 0.109. The van der Waals surface area contributed by atoms with Crippen LogP contribution in [0.4, 0.5) is 0 Å². The maximum Gasteiger partial charge on any atom is 0.257 e. The fraction of sp³-hybridized carbons (Fsp3) is 0.412. The molecule has 1 aliphatic rings.